The summed E-state index contributed by atoms with van der Waals surface area (Å²) in [6.07, 6.45) is 0. The van der Waals surface area contributed by atoms with Crippen LogP contribution in [0.3, 0.4) is 0 Å². The molecule has 0 fully saturated rings. The minimum absolute atomic E-state index is 0.0769. The molecule has 21 heavy (non-hydrogen) atoms. The first kappa shape index (κ1) is 16.1. The quantitative estimate of drug-likeness (QED) is 0.759. The van der Waals surface area contributed by atoms with Crippen molar-refractivity contribution in [3.8, 4) is 0 Å². The number of alkyl halides is 1. The number of hydrogen-bond acceptors (Lipinski definition) is 2. The second-order valence-electron chi connectivity index (χ2n) is 4.40. The van der Waals surface area contributed by atoms with Gasteiger partial charge in [0.1, 0.15) is 4.90 Å². The normalized spacial score (nSPS) is 11.4. The van der Waals surface area contributed by atoms with Gasteiger partial charge in [-0.1, -0.05) is 35.9 Å². The summed E-state index contributed by atoms with van der Waals surface area (Å²) < 4.78 is 27.0. The predicted octanol–water partition coefficient (Wildman–Crippen LogP) is 4.29. The summed E-state index contributed by atoms with van der Waals surface area (Å²) in [5.41, 5.74) is 1.32. The van der Waals surface area contributed by atoms with E-state index in [1.807, 2.05) is 6.07 Å². The SMILES string of the molecule is CCN(c1ccccc1)S(=O)(=O)c1cc(CCl)ccc1Cl. The summed E-state index contributed by atoms with van der Waals surface area (Å²) in [6, 6.07) is 13.7. The monoisotopic (exact) mass is 343 g/mol. The summed E-state index contributed by atoms with van der Waals surface area (Å²) in [5.74, 6) is 0.233. The number of hydrogen-bond donors (Lipinski definition) is 0. The van der Waals surface area contributed by atoms with Crippen molar-refractivity contribution in [3.63, 3.8) is 0 Å². The molecule has 0 radical (unpaired) electrons. The molecule has 0 amide bonds. The van der Waals surface area contributed by atoms with Gasteiger partial charge in [-0.15, -0.1) is 11.6 Å². The van der Waals surface area contributed by atoms with Crippen molar-refractivity contribution in [2.75, 3.05) is 10.8 Å². The van der Waals surface area contributed by atoms with Gasteiger partial charge in [0.25, 0.3) is 10.0 Å². The van der Waals surface area contributed by atoms with Crippen molar-refractivity contribution in [2.45, 2.75) is 17.7 Å². The summed E-state index contributed by atoms with van der Waals surface area (Å²) in [5, 5.41) is 0.193. The molecular weight excluding hydrogens is 329 g/mol. The minimum Gasteiger partial charge on any atom is -0.267 e. The van der Waals surface area contributed by atoms with Crippen molar-refractivity contribution in [2.24, 2.45) is 0 Å². The van der Waals surface area contributed by atoms with Crippen LogP contribution in [0.5, 0.6) is 0 Å². The number of nitrogens with zero attached hydrogens (tertiary/aromatic N) is 1. The van der Waals surface area contributed by atoms with Crippen LogP contribution in [0.2, 0.25) is 5.02 Å². The van der Waals surface area contributed by atoms with Crippen LogP contribution in [0, 0.1) is 0 Å². The Balaban J connectivity index is 2.55. The third-order valence-corrected chi connectivity index (χ3v) is 5.74. The molecule has 2 aromatic carbocycles. The lowest BCUT2D eigenvalue weighted by molar-refractivity contribution is 0.592. The Morgan fingerprint density at radius 3 is 2.33 bits per heavy atom. The molecule has 0 unspecified atom stereocenters. The van der Waals surface area contributed by atoms with Crippen LogP contribution >= 0.6 is 23.2 Å². The minimum atomic E-state index is -3.72. The Kier molecular flexibility index (Phi) is 5.14. The molecule has 0 aliphatic heterocycles. The number of anilines is 1. The highest BCUT2D eigenvalue weighted by atomic mass is 35.5. The van der Waals surface area contributed by atoms with Gasteiger partial charge in [-0.25, -0.2) is 8.42 Å². The Hall–Kier alpha value is -1.23. The van der Waals surface area contributed by atoms with Gasteiger partial charge in [0.05, 0.1) is 10.7 Å². The zero-order chi connectivity index (χ0) is 15.5. The fourth-order valence-electron chi connectivity index (χ4n) is 2.03. The predicted molar refractivity (Wildman–Crippen MR) is 87.7 cm³/mol. The topological polar surface area (TPSA) is 37.4 Å². The lowest BCUT2D eigenvalue weighted by atomic mass is 10.2. The molecule has 3 nitrogen and oxygen atoms in total. The van der Waals surface area contributed by atoms with E-state index in [0.717, 1.165) is 0 Å². The van der Waals surface area contributed by atoms with Gasteiger partial charge in [-0.2, -0.15) is 0 Å². The molecule has 112 valence electrons. The van der Waals surface area contributed by atoms with Crippen LogP contribution in [0.1, 0.15) is 12.5 Å². The van der Waals surface area contributed by atoms with Crippen LogP contribution in [-0.4, -0.2) is 15.0 Å². The van der Waals surface area contributed by atoms with Crippen LogP contribution in [-0.2, 0) is 15.9 Å². The molecule has 0 saturated heterocycles. The molecule has 0 heterocycles. The standard InChI is InChI=1S/C15H15Cl2NO2S/c1-2-18(13-6-4-3-5-7-13)21(19,20)15-10-12(11-16)8-9-14(15)17/h3-10H,2,11H2,1H3. The molecule has 0 bridgehead atoms. The first-order valence-corrected chi connectivity index (χ1v) is 8.78. The maximum atomic E-state index is 12.9. The molecule has 0 spiro atoms. The molecule has 2 aromatic rings. The van der Waals surface area contributed by atoms with Crippen LogP contribution in [0.4, 0.5) is 5.69 Å². The van der Waals surface area contributed by atoms with Crippen molar-refractivity contribution in [3.05, 3.63) is 59.1 Å². The maximum absolute atomic E-state index is 12.9. The Bertz CT molecular complexity index is 718. The molecule has 0 atom stereocenters. The van der Waals surface area contributed by atoms with E-state index < -0.39 is 10.0 Å². The Morgan fingerprint density at radius 1 is 1.10 bits per heavy atom. The van der Waals surface area contributed by atoms with Crippen LogP contribution in [0.15, 0.2) is 53.4 Å². The highest BCUT2D eigenvalue weighted by Gasteiger charge is 2.26. The van der Waals surface area contributed by atoms with Gasteiger partial charge in [0.15, 0.2) is 0 Å². The zero-order valence-electron chi connectivity index (χ0n) is 11.5. The highest BCUT2D eigenvalue weighted by Crippen LogP contribution is 2.29. The molecular formula is C15H15Cl2NO2S. The lowest BCUT2D eigenvalue weighted by Crippen LogP contribution is -2.31. The van der Waals surface area contributed by atoms with E-state index in [9.17, 15) is 8.42 Å². The van der Waals surface area contributed by atoms with E-state index in [1.54, 1.807) is 43.3 Å². The first-order chi connectivity index (χ1) is 10.0. The van der Waals surface area contributed by atoms with E-state index in [0.29, 0.717) is 17.8 Å². The molecule has 0 aliphatic rings. The van der Waals surface area contributed by atoms with Crippen LogP contribution < -0.4 is 4.31 Å². The van der Waals surface area contributed by atoms with Gasteiger partial charge < -0.3 is 0 Å². The Morgan fingerprint density at radius 2 is 1.76 bits per heavy atom. The molecule has 6 heteroatoms. The zero-order valence-corrected chi connectivity index (χ0v) is 13.8. The average molecular weight is 344 g/mol. The smallest absolute Gasteiger partial charge is 0.265 e. The number of sulfonamides is 1. The molecule has 0 saturated carbocycles. The molecule has 0 N–H and O–H groups in total. The third kappa shape index (κ3) is 3.34. The number of rotatable bonds is 5. The van der Waals surface area contributed by atoms with Crippen LogP contribution in [0.25, 0.3) is 0 Å². The number of benzene rings is 2. The van der Waals surface area contributed by atoms with Gasteiger partial charge in [0.2, 0.25) is 0 Å². The maximum Gasteiger partial charge on any atom is 0.265 e. The average Bonchev–Trinajstić information content (AvgIpc) is 2.49. The van der Waals surface area contributed by atoms with Crippen molar-refractivity contribution in [1.29, 1.82) is 0 Å². The van der Waals surface area contributed by atoms with Gasteiger partial charge in [-0.05, 0) is 36.8 Å². The van der Waals surface area contributed by atoms with Crippen molar-refractivity contribution < 1.29 is 8.42 Å². The van der Waals surface area contributed by atoms with E-state index in [-0.39, 0.29) is 15.8 Å². The van der Waals surface area contributed by atoms with Crippen molar-refractivity contribution >= 4 is 38.9 Å². The summed E-state index contributed by atoms with van der Waals surface area (Å²) >= 11 is 11.9. The Labute approximate surface area is 135 Å². The van der Waals surface area contributed by atoms with E-state index in [1.165, 1.54) is 10.4 Å². The van der Waals surface area contributed by atoms with Crippen molar-refractivity contribution in [1.82, 2.24) is 0 Å². The summed E-state index contributed by atoms with van der Waals surface area (Å²) in [7, 11) is -3.72. The lowest BCUT2D eigenvalue weighted by Gasteiger charge is -2.23. The van der Waals surface area contributed by atoms with Gasteiger partial charge in [-0.3, -0.25) is 4.31 Å². The van der Waals surface area contributed by atoms with E-state index in [4.69, 9.17) is 23.2 Å². The second kappa shape index (κ2) is 6.69. The third-order valence-electron chi connectivity index (χ3n) is 3.05. The largest absolute Gasteiger partial charge is 0.267 e. The van der Waals surface area contributed by atoms with E-state index in [2.05, 4.69) is 0 Å². The fraction of sp³-hybridized carbons (Fsp3) is 0.200. The number of para-hydroxylation sites is 1. The number of halogens is 2. The van der Waals surface area contributed by atoms with E-state index >= 15 is 0 Å². The summed E-state index contributed by atoms with van der Waals surface area (Å²) in [4.78, 5) is 0.0769. The first-order valence-electron chi connectivity index (χ1n) is 6.43. The van der Waals surface area contributed by atoms with Gasteiger partial charge in [0, 0.05) is 12.4 Å². The second-order valence-corrected chi connectivity index (χ2v) is 6.91. The fourth-order valence-corrected chi connectivity index (χ4v) is 4.20. The molecule has 0 aliphatic carbocycles. The molecule has 2 rings (SSSR count). The highest BCUT2D eigenvalue weighted by molar-refractivity contribution is 7.93. The molecule has 0 aromatic heterocycles. The summed E-state index contributed by atoms with van der Waals surface area (Å²) in [6.45, 7) is 2.09. The van der Waals surface area contributed by atoms with Gasteiger partial charge >= 0.3 is 0 Å².